The van der Waals surface area contributed by atoms with E-state index in [0.29, 0.717) is 5.41 Å². The molecule has 6 heteroatoms. The van der Waals surface area contributed by atoms with E-state index in [4.69, 9.17) is 0 Å². The smallest absolute Gasteiger partial charge is 0.346 e. The molecule has 2 rings (SSSR count). The van der Waals surface area contributed by atoms with Crippen LogP contribution in [-0.2, 0) is 14.1 Å². The van der Waals surface area contributed by atoms with Crippen LogP contribution in [0.25, 0.3) is 0 Å². The third-order valence-corrected chi connectivity index (χ3v) is 3.11. The summed E-state index contributed by atoms with van der Waals surface area (Å²) in [6.45, 7) is 2.89. The molecule has 0 unspecified atom stereocenters. The number of aromatic nitrogens is 3. The van der Waals surface area contributed by atoms with Gasteiger partial charge in [-0.15, -0.1) is 5.10 Å². The van der Waals surface area contributed by atoms with Crippen LogP contribution in [0.1, 0.15) is 19.8 Å². The first-order valence-corrected chi connectivity index (χ1v) is 5.31. The maximum atomic E-state index is 11.7. The van der Waals surface area contributed by atoms with Crippen molar-refractivity contribution in [2.24, 2.45) is 19.5 Å². The highest BCUT2D eigenvalue weighted by molar-refractivity contribution is 5.30. The Balaban J connectivity index is 2.27. The first kappa shape index (κ1) is 10.9. The quantitative estimate of drug-likeness (QED) is 0.764. The van der Waals surface area contributed by atoms with Crippen molar-refractivity contribution in [3.8, 4) is 0 Å². The normalized spacial score (nSPS) is 17.2. The highest BCUT2D eigenvalue weighted by Gasteiger charge is 2.37. The number of aryl methyl sites for hydroxylation is 1. The molecule has 0 spiro atoms. The molecule has 0 bridgehead atoms. The maximum Gasteiger partial charge on any atom is 0.346 e. The summed E-state index contributed by atoms with van der Waals surface area (Å²) in [6.07, 6.45) is 2.35. The largest absolute Gasteiger partial charge is 0.363 e. The lowest BCUT2D eigenvalue weighted by molar-refractivity contribution is 0.582. The molecule has 1 aliphatic carbocycles. The van der Waals surface area contributed by atoms with Gasteiger partial charge in [0, 0.05) is 20.6 Å². The van der Waals surface area contributed by atoms with E-state index in [0.717, 1.165) is 11.1 Å². The van der Waals surface area contributed by atoms with Crippen LogP contribution in [0.5, 0.6) is 0 Å². The Kier molecular flexibility index (Phi) is 2.36. The first-order chi connectivity index (χ1) is 7.43. The molecule has 0 aromatic carbocycles. The zero-order chi connectivity index (χ0) is 11.9. The van der Waals surface area contributed by atoms with Gasteiger partial charge >= 0.3 is 5.69 Å². The molecule has 1 N–H and O–H groups in total. The van der Waals surface area contributed by atoms with Crippen LogP contribution in [0.4, 0.5) is 5.82 Å². The summed E-state index contributed by atoms with van der Waals surface area (Å²) < 4.78 is 2.23. The molecule has 0 saturated heterocycles. The molecular formula is C10H16N4O2. The van der Waals surface area contributed by atoms with E-state index in [9.17, 15) is 9.59 Å². The second-order valence-corrected chi connectivity index (χ2v) is 4.78. The van der Waals surface area contributed by atoms with Crippen molar-refractivity contribution in [2.45, 2.75) is 19.8 Å². The topological polar surface area (TPSA) is 68.9 Å². The summed E-state index contributed by atoms with van der Waals surface area (Å²) >= 11 is 0. The molecule has 0 aliphatic heterocycles. The third-order valence-electron chi connectivity index (χ3n) is 3.11. The van der Waals surface area contributed by atoms with Gasteiger partial charge in [0.15, 0.2) is 0 Å². The number of nitrogens with one attached hydrogen (secondary N) is 1. The molecule has 0 amide bonds. The highest BCUT2D eigenvalue weighted by Crippen LogP contribution is 2.44. The van der Waals surface area contributed by atoms with E-state index in [1.54, 1.807) is 0 Å². The summed E-state index contributed by atoms with van der Waals surface area (Å²) in [4.78, 5) is 23.1. The van der Waals surface area contributed by atoms with E-state index < -0.39 is 5.69 Å². The van der Waals surface area contributed by atoms with E-state index >= 15 is 0 Å². The summed E-state index contributed by atoms with van der Waals surface area (Å²) in [5.74, 6) is 0.248. The van der Waals surface area contributed by atoms with Crippen molar-refractivity contribution >= 4 is 5.82 Å². The van der Waals surface area contributed by atoms with Crippen molar-refractivity contribution in [1.82, 2.24) is 14.3 Å². The van der Waals surface area contributed by atoms with E-state index in [-0.39, 0.29) is 11.4 Å². The van der Waals surface area contributed by atoms with Crippen LogP contribution in [0.3, 0.4) is 0 Å². The zero-order valence-electron chi connectivity index (χ0n) is 9.78. The number of hydrogen-bond donors (Lipinski definition) is 1. The number of hydrogen-bond acceptors (Lipinski definition) is 4. The van der Waals surface area contributed by atoms with Gasteiger partial charge < -0.3 is 5.32 Å². The lowest BCUT2D eigenvalue weighted by Crippen LogP contribution is -2.40. The predicted molar refractivity (Wildman–Crippen MR) is 60.5 cm³/mol. The summed E-state index contributed by atoms with van der Waals surface area (Å²) in [5.41, 5.74) is -0.484. The molecule has 1 aromatic heterocycles. The van der Waals surface area contributed by atoms with Gasteiger partial charge in [0.1, 0.15) is 0 Å². The van der Waals surface area contributed by atoms with Gasteiger partial charge in [-0.2, -0.15) is 0 Å². The van der Waals surface area contributed by atoms with Crippen LogP contribution < -0.4 is 16.6 Å². The fraction of sp³-hybridized carbons (Fsp3) is 0.700. The Labute approximate surface area is 92.9 Å². The van der Waals surface area contributed by atoms with Crippen LogP contribution >= 0.6 is 0 Å². The van der Waals surface area contributed by atoms with Crippen molar-refractivity contribution in [3.05, 3.63) is 20.8 Å². The average molecular weight is 224 g/mol. The van der Waals surface area contributed by atoms with Crippen LogP contribution in [0.2, 0.25) is 0 Å². The molecule has 1 fully saturated rings. The molecule has 6 nitrogen and oxygen atoms in total. The number of anilines is 1. The standard InChI is InChI=1S/C10H16N4O2/c1-10(4-5-10)6-11-7-8(15)13(2)9(16)14(3)12-7/h4-6H2,1-3H3,(H,11,12). The van der Waals surface area contributed by atoms with Gasteiger partial charge in [-0.25, -0.2) is 9.48 Å². The maximum absolute atomic E-state index is 11.7. The molecular weight excluding hydrogens is 208 g/mol. The molecule has 1 heterocycles. The van der Waals surface area contributed by atoms with Gasteiger partial charge in [-0.05, 0) is 18.3 Å². The minimum absolute atomic E-state index is 0.248. The van der Waals surface area contributed by atoms with E-state index in [2.05, 4.69) is 17.3 Å². The lowest BCUT2D eigenvalue weighted by Gasteiger charge is -2.11. The average Bonchev–Trinajstić information content (AvgIpc) is 2.98. The summed E-state index contributed by atoms with van der Waals surface area (Å²) in [7, 11) is 2.99. The van der Waals surface area contributed by atoms with Crippen molar-refractivity contribution in [2.75, 3.05) is 11.9 Å². The van der Waals surface area contributed by atoms with Crippen molar-refractivity contribution in [3.63, 3.8) is 0 Å². The Morgan fingerprint density at radius 3 is 2.56 bits per heavy atom. The fourth-order valence-corrected chi connectivity index (χ4v) is 1.50. The van der Waals surface area contributed by atoms with Gasteiger partial charge in [-0.1, -0.05) is 6.92 Å². The molecule has 88 valence electrons. The Morgan fingerprint density at radius 1 is 1.38 bits per heavy atom. The van der Waals surface area contributed by atoms with Crippen molar-refractivity contribution < 1.29 is 0 Å². The summed E-state index contributed by atoms with van der Waals surface area (Å²) in [5, 5.41) is 6.94. The monoisotopic (exact) mass is 224 g/mol. The number of rotatable bonds is 3. The molecule has 1 aliphatic rings. The van der Waals surface area contributed by atoms with Crippen LogP contribution in [0, 0.1) is 5.41 Å². The Hall–Kier alpha value is -1.59. The second kappa shape index (κ2) is 3.47. The third kappa shape index (κ3) is 1.87. The molecule has 1 aromatic rings. The van der Waals surface area contributed by atoms with Gasteiger partial charge in [-0.3, -0.25) is 9.36 Å². The SMILES string of the molecule is Cn1nc(NCC2(C)CC2)c(=O)n(C)c1=O. The molecule has 1 saturated carbocycles. The Bertz CT molecular complexity index is 525. The minimum Gasteiger partial charge on any atom is -0.363 e. The zero-order valence-corrected chi connectivity index (χ0v) is 9.78. The van der Waals surface area contributed by atoms with E-state index in [1.165, 1.54) is 31.6 Å². The van der Waals surface area contributed by atoms with Crippen molar-refractivity contribution in [1.29, 1.82) is 0 Å². The Morgan fingerprint density at radius 2 is 2.00 bits per heavy atom. The van der Waals surface area contributed by atoms with Crippen LogP contribution in [0.15, 0.2) is 9.59 Å². The second-order valence-electron chi connectivity index (χ2n) is 4.78. The first-order valence-electron chi connectivity index (χ1n) is 5.31. The lowest BCUT2D eigenvalue weighted by atomic mass is 10.1. The minimum atomic E-state index is -0.409. The van der Waals surface area contributed by atoms with Gasteiger partial charge in [0.05, 0.1) is 0 Å². The van der Waals surface area contributed by atoms with Crippen LogP contribution in [-0.4, -0.2) is 20.9 Å². The van der Waals surface area contributed by atoms with Gasteiger partial charge in [0.25, 0.3) is 5.56 Å². The van der Waals surface area contributed by atoms with Gasteiger partial charge in [0.2, 0.25) is 5.82 Å². The highest BCUT2D eigenvalue weighted by atomic mass is 16.2. The van der Waals surface area contributed by atoms with E-state index in [1.807, 2.05) is 0 Å². The fourth-order valence-electron chi connectivity index (χ4n) is 1.50. The predicted octanol–water partition coefficient (Wildman–Crippen LogP) is -0.309. The molecule has 16 heavy (non-hydrogen) atoms. The summed E-state index contributed by atoms with van der Waals surface area (Å²) in [6, 6.07) is 0. The molecule has 0 atom stereocenters. The molecule has 0 radical (unpaired) electrons. The number of nitrogens with zero attached hydrogens (tertiary/aromatic N) is 3.